The summed E-state index contributed by atoms with van der Waals surface area (Å²) < 4.78 is 49.9. The minimum atomic E-state index is -4.76. The summed E-state index contributed by atoms with van der Waals surface area (Å²) in [6.45, 7) is 5.94. The summed E-state index contributed by atoms with van der Waals surface area (Å²) in [5, 5.41) is 9.13. The average Bonchev–Trinajstić information content (AvgIpc) is 3.56. The smallest absolute Gasteiger partial charge is 0.497 e. The van der Waals surface area contributed by atoms with Gasteiger partial charge in [0.1, 0.15) is 17.8 Å². The van der Waals surface area contributed by atoms with Crippen LogP contribution in [-0.4, -0.2) is 38.8 Å². The number of thiazole rings is 1. The van der Waals surface area contributed by atoms with Gasteiger partial charge in [-0.25, -0.2) is 14.5 Å². The van der Waals surface area contributed by atoms with E-state index < -0.39 is 12.4 Å². The molecular formula is C29H25F3N6O3S. The van der Waals surface area contributed by atoms with Crippen molar-refractivity contribution in [1.82, 2.24) is 19.3 Å². The first kappa shape index (κ1) is 28.6. The summed E-state index contributed by atoms with van der Waals surface area (Å²) in [5.41, 5.74) is 5.60. The van der Waals surface area contributed by atoms with E-state index in [1.807, 2.05) is 42.9 Å². The van der Waals surface area contributed by atoms with Gasteiger partial charge in [-0.05, 0) is 92.6 Å². The topological polar surface area (TPSA) is 95.6 Å². The number of carbonyl (C=O) groups excluding carboxylic acids is 1. The van der Waals surface area contributed by atoms with Crippen LogP contribution in [0.5, 0.6) is 11.5 Å². The maximum absolute atomic E-state index is 12.9. The molecule has 0 saturated heterocycles. The number of urea groups is 1. The number of rotatable bonds is 6. The highest BCUT2D eigenvalue weighted by molar-refractivity contribution is 7.07. The Morgan fingerprint density at radius 3 is 2.26 bits per heavy atom. The summed E-state index contributed by atoms with van der Waals surface area (Å²) in [6.07, 6.45) is -3.31. The number of nitrogens with zero attached hydrogens (tertiary/aromatic N) is 5. The molecule has 5 rings (SSSR count). The van der Waals surface area contributed by atoms with Gasteiger partial charge in [0, 0.05) is 22.3 Å². The second-order valence-electron chi connectivity index (χ2n) is 9.28. The van der Waals surface area contributed by atoms with Crippen LogP contribution < -0.4 is 19.6 Å². The minimum Gasteiger partial charge on any atom is -0.497 e. The van der Waals surface area contributed by atoms with Gasteiger partial charge in [-0.3, -0.25) is 4.57 Å². The number of ether oxygens (including phenoxy) is 2. The van der Waals surface area contributed by atoms with Gasteiger partial charge < -0.3 is 14.8 Å². The third kappa shape index (κ3) is 6.36. The molecule has 0 aliphatic carbocycles. The first-order chi connectivity index (χ1) is 20.0. The zero-order valence-electron chi connectivity index (χ0n) is 22.9. The van der Waals surface area contributed by atoms with Crippen molar-refractivity contribution in [3.63, 3.8) is 0 Å². The monoisotopic (exact) mass is 594 g/mol. The molecule has 0 aliphatic heterocycles. The number of alkyl halides is 3. The number of amides is 2. The molecule has 0 atom stereocenters. The van der Waals surface area contributed by atoms with Crippen LogP contribution in [0.25, 0.3) is 22.8 Å². The van der Waals surface area contributed by atoms with E-state index in [2.05, 4.69) is 25.1 Å². The van der Waals surface area contributed by atoms with Gasteiger partial charge in [-0.1, -0.05) is 0 Å². The van der Waals surface area contributed by atoms with E-state index in [1.165, 1.54) is 46.6 Å². The van der Waals surface area contributed by atoms with Crippen molar-refractivity contribution >= 4 is 23.1 Å². The van der Waals surface area contributed by atoms with Crippen LogP contribution in [0.2, 0.25) is 0 Å². The van der Waals surface area contributed by atoms with E-state index >= 15 is 0 Å². The Kier molecular flexibility index (Phi) is 7.85. The number of hydrogen-bond donors (Lipinski definition) is 1. The quantitative estimate of drug-likeness (QED) is 0.235. The van der Waals surface area contributed by atoms with E-state index in [9.17, 15) is 18.0 Å². The van der Waals surface area contributed by atoms with Crippen LogP contribution in [0, 0.1) is 20.8 Å². The van der Waals surface area contributed by atoms with Crippen LogP contribution in [0.1, 0.15) is 16.8 Å². The number of anilines is 1. The highest BCUT2D eigenvalue weighted by Gasteiger charge is 2.31. The zero-order valence-corrected chi connectivity index (χ0v) is 23.7. The molecule has 1 N–H and O–H groups in total. The molecule has 0 radical (unpaired) electrons. The van der Waals surface area contributed by atoms with Crippen molar-refractivity contribution < 1.29 is 27.4 Å². The fourth-order valence-corrected chi connectivity index (χ4v) is 5.25. The van der Waals surface area contributed by atoms with E-state index in [0.29, 0.717) is 27.6 Å². The standard InChI is InChI=1S/C29H25F3N6O3S/c1-17-13-24(40-4)14-18(2)25(17)38-19(3)15-42-28(38)35-27(39)34-21-7-5-20(6-8-21)26-33-16-37(36-26)22-9-11-23(12-10-22)41-29(30,31)32/h5-16H,1-4H3,(H,34,39). The van der Waals surface area contributed by atoms with Crippen molar-refractivity contribution in [3.8, 4) is 34.3 Å². The number of methoxy groups -OCH3 is 1. The lowest BCUT2D eigenvalue weighted by atomic mass is 10.1. The Morgan fingerprint density at radius 2 is 1.64 bits per heavy atom. The lowest BCUT2D eigenvalue weighted by Crippen LogP contribution is -2.20. The van der Waals surface area contributed by atoms with Gasteiger partial charge in [0.2, 0.25) is 0 Å². The number of carbonyl (C=O) groups is 1. The number of benzene rings is 3. The molecule has 216 valence electrons. The molecule has 0 spiro atoms. The van der Waals surface area contributed by atoms with Crippen LogP contribution in [0.15, 0.2) is 77.4 Å². The number of halogens is 3. The van der Waals surface area contributed by atoms with Crippen LogP contribution in [0.3, 0.4) is 0 Å². The van der Waals surface area contributed by atoms with Gasteiger partial charge in [-0.15, -0.1) is 29.6 Å². The maximum Gasteiger partial charge on any atom is 0.573 e. The van der Waals surface area contributed by atoms with E-state index in [4.69, 9.17) is 4.74 Å². The van der Waals surface area contributed by atoms with E-state index in [-0.39, 0.29) is 5.75 Å². The first-order valence-electron chi connectivity index (χ1n) is 12.6. The normalized spacial score (nSPS) is 11.9. The van der Waals surface area contributed by atoms with Crippen molar-refractivity contribution in [1.29, 1.82) is 0 Å². The third-order valence-electron chi connectivity index (χ3n) is 6.22. The highest BCUT2D eigenvalue weighted by atomic mass is 32.1. The summed E-state index contributed by atoms with van der Waals surface area (Å²) in [5.74, 6) is 0.831. The zero-order chi connectivity index (χ0) is 30.0. The van der Waals surface area contributed by atoms with Gasteiger partial charge in [0.15, 0.2) is 10.6 Å². The average molecular weight is 595 g/mol. The molecule has 0 saturated carbocycles. The fraction of sp³-hybridized carbons (Fsp3) is 0.172. The van der Waals surface area contributed by atoms with Crippen LogP contribution in [-0.2, 0) is 0 Å². The van der Waals surface area contributed by atoms with Crippen LogP contribution in [0.4, 0.5) is 23.7 Å². The predicted molar refractivity (Wildman–Crippen MR) is 152 cm³/mol. The van der Waals surface area contributed by atoms with Crippen molar-refractivity contribution in [2.45, 2.75) is 27.1 Å². The number of nitrogens with one attached hydrogen (secondary N) is 1. The molecular weight excluding hydrogens is 569 g/mol. The van der Waals surface area contributed by atoms with Gasteiger partial charge in [-0.2, -0.15) is 4.99 Å². The third-order valence-corrected chi connectivity index (χ3v) is 7.16. The Hall–Kier alpha value is -4.91. The van der Waals surface area contributed by atoms with Gasteiger partial charge in [0.05, 0.1) is 18.5 Å². The molecule has 0 aliphatic rings. The van der Waals surface area contributed by atoms with Crippen molar-refractivity contribution in [2.24, 2.45) is 4.99 Å². The molecule has 5 aromatic rings. The molecule has 0 unspecified atom stereocenters. The number of aromatic nitrogens is 4. The maximum atomic E-state index is 12.9. The van der Waals surface area contributed by atoms with Gasteiger partial charge >= 0.3 is 12.4 Å². The van der Waals surface area contributed by atoms with Crippen LogP contribution >= 0.6 is 11.3 Å². The fourth-order valence-electron chi connectivity index (χ4n) is 4.39. The van der Waals surface area contributed by atoms with Gasteiger partial charge in [0.25, 0.3) is 0 Å². The molecule has 13 heteroatoms. The second-order valence-corrected chi connectivity index (χ2v) is 10.1. The molecule has 3 aromatic carbocycles. The molecule has 2 aromatic heterocycles. The SMILES string of the molecule is COc1cc(C)c(-n2c(C)csc2=NC(=O)Nc2ccc(-c3ncn(-c4ccc(OC(F)(F)F)cc4)n3)cc2)c(C)c1. The Morgan fingerprint density at radius 1 is 0.976 bits per heavy atom. The molecule has 0 bridgehead atoms. The molecule has 2 heterocycles. The highest BCUT2D eigenvalue weighted by Crippen LogP contribution is 2.26. The summed E-state index contributed by atoms with van der Waals surface area (Å²) in [7, 11) is 1.63. The lowest BCUT2D eigenvalue weighted by Gasteiger charge is -2.15. The summed E-state index contributed by atoms with van der Waals surface area (Å²) in [6, 6.07) is 15.5. The Labute approximate surface area is 242 Å². The molecule has 0 fully saturated rings. The van der Waals surface area contributed by atoms with Crippen molar-refractivity contribution in [3.05, 3.63) is 94.0 Å². The second kappa shape index (κ2) is 11.5. The molecule has 42 heavy (non-hydrogen) atoms. The lowest BCUT2D eigenvalue weighted by molar-refractivity contribution is -0.274. The van der Waals surface area contributed by atoms with Crippen molar-refractivity contribution in [2.75, 3.05) is 12.4 Å². The largest absolute Gasteiger partial charge is 0.573 e. The minimum absolute atomic E-state index is 0.328. The summed E-state index contributed by atoms with van der Waals surface area (Å²) >= 11 is 1.37. The Balaban J connectivity index is 1.30. The van der Waals surface area contributed by atoms with E-state index in [0.717, 1.165) is 28.3 Å². The predicted octanol–water partition coefficient (Wildman–Crippen LogP) is 6.75. The Bertz CT molecular complexity index is 1780. The summed E-state index contributed by atoms with van der Waals surface area (Å²) in [4.78, 5) is 22.0. The first-order valence-corrected chi connectivity index (χ1v) is 13.5. The van der Waals surface area contributed by atoms with E-state index in [1.54, 1.807) is 31.4 Å². The number of aryl methyl sites for hydroxylation is 3. The molecule has 2 amide bonds. The number of hydrogen-bond acceptors (Lipinski definition) is 6. The molecule has 9 nitrogen and oxygen atoms in total.